The van der Waals surface area contributed by atoms with Crippen LogP contribution in [0.1, 0.15) is 5.56 Å². The molecule has 0 aliphatic carbocycles. The first-order valence-electron chi connectivity index (χ1n) is 5.02. The van der Waals surface area contributed by atoms with Gasteiger partial charge in [0, 0.05) is 0 Å². The molecule has 100 valence electrons. The smallest absolute Gasteiger partial charge is 0.416 e. The fourth-order valence-corrected chi connectivity index (χ4v) is 1.83. The zero-order chi connectivity index (χ0) is 14.2. The van der Waals surface area contributed by atoms with E-state index in [0.29, 0.717) is 0 Å². The largest absolute Gasteiger partial charge is 0.494 e. The van der Waals surface area contributed by atoms with Gasteiger partial charge in [0.25, 0.3) is 5.56 Å². The molecule has 0 atom stereocenters. The Morgan fingerprint density at radius 2 is 1.79 bits per heavy atom. The summed E-state index contributed by atoms with van der Waals surface area (Å²) in [6.45, 7) is 0. The van der Waals surface area contributed by atoms with E-state index in [1.54, 1.807) is 0 Å². The Morgan fingerprint density at radius 3 is 2.26 bits per heavy atom. The minimum Gasteiger partial charge on any atom is -0.494 e. The maximum atomic E-state index is 12.4. The van der Waals surface area contributed by atoms with E-state index < -0.39 is 23.2 Å². The third-order valence-electron chi connectivity index (χ3n) is 2.38. The van der Waals surface area contributed by atoms with Crippen LogP contribution in [0.4, 0.5) is 13.2 Å². The number of benzene rings is 1. The van der Waals surface area contributed by atoms with E-state index in [-0.39, 0.29) is 10.5 Å². The number of aromatic nitrogens is 2. The summed E-state index contributed by atoms with van der Waals surface area (Å²) in [5.74, 6) is -0.450. The highest BCUT2D eigenvalue weighted by Gasteiger charge is 2.30. The average molecular weight is 288 g/mol. The van der Waals surface area contributed by atoms with Crippen molar-refractivity contribution >= 4 is 12.2 Å². The first-order chi connectivity index (χ1) is 8.79. The highest BCUT2D eigenvalue weighted by molar-refractivity contribution is 7.71. The zero-order valence-corrected chi connectivity index (χ0v) is 10.0. The normalized spacial score (nSPS) is 11.5. The average Bonchev–Trinajstić information content (AvgIpc) is 2.27. The van der Waals surface area contributed by atoms with E-state index in [0.717, 1.165) is 34.9 Å². The molecular weight excluding hydrogens is 281 g/mol. The van der Waals surface area contributed by atoms with Crippen LogP contribution in [0.2, 0.25) is 0 Å². The SMILES string of the molecule is O=c1cc(O)n(-c2ccc(C(F)(F)F)cc2)c(=S)[nH]1. The molecule has 0 aliphatic heterocycles. The third kappa shape index (κ3) is 2.68. The van der Waals surface area contributed by atoms with Gasteiger partial charge in [0.2, 0.25) is 5.88 Å². The van der Waals surface area contributed by atoms with E-state index in [1.165, 1.54) is 0 Å². The van der Waals surface area contributed by atoms with Crippen molar-refractivity contribution in [3.63, 3.8) is 0 Å². The molecule has 0 saturated carbocycles. The van der Waals surface area contributed by atoms with Gasteiger partial charge in [-0.1, -0.05) is 0 Å². The van der Waals surface area contributed by atoms with E-state index >= 15 is 0 Å². The van der Waals surface area contributed by atoms with Crippen molar-refractivity contribution in [1.82, 2.24) is 9.55 Å². The number of nitrogens with one attached hydrogen (secondary N) is 1. The van der Waals surface area contributed by atoms with Crippen LogP contribution >= 0.6 is 12.2 Å². The lowest BCUT2D eigenvalue weighted by Crippen LogP contribution is -2.11. The zero-order valence-electron chi connectivity index (χ0n) is 9.23. The lowest BCUT2D eigenvalue weighted by atomic mass is 10.2. The highest BCUT2D eigenvalue weighted by Crippen LogP contribution is 2.30. The topological polar surface area (TPSA) is 58.0 Å². The molecule has 0 unspecified atom stereocenters. The first kappa shape index (κ1) is 13.3. The van der Waals surface area contributed by atoms with Crippen LogP contribution in [0.15, 0.2) is 35.1 Å². The Kier molecular flexibility index (Phi) is 3.19. The quantitative estimate of drug-likeness (QED) is 0.793. The summed E-state index contributed by atoms with van der Waals surface area (Å²) in [6.07, 6.45) is -4.44. The van der Waals surface area contributed by atoms with Crippen molar-refractivity contribution in [3.05, 3.63) is 51.0 Å². The van der Waals surface area contributed by atoms with Crippen LogP contribution in [0, 0.1) is 4.77 Å². The van der Waals surface area contributed by atoms with Gasteiger partial charge in [-0.3, -0.25) is 14.3 Å². The minimum atomic E-state index is -4.44. The Labute approximate surface area is 109 Å². The predicted molar refractivity (Wildman–Crippen MR) is 63.9 cm³/mol. The monoisotopic (exact) mass is 288 g/mol. The van der Waals surface area contributed by atoms with Crippen molar-refractivity contribution in [2.75, 3.05) is 0 Å². The number of aromatic amines is 1. The van der Waals surface area contributed by atoms with Crippen LogP contribution in [-0.2, 0) is 6.18 Å². The molecule has 2 N–H and O–H groups in total. The van der Waals surface area contributed by atoms with Crippen LogP contribution in [-0.4, -0.2) is 14.7 Å². The Balaban J connectivity index is 2.56. The molecule has 0 amide bonds. The molecule has 2 rings (SSSR count). The van der Waals surface area contributed by atoms with Gasteiger partial charge in [0.1, 0.15) is 0 Å². The number of hydrogen-bond acceptors (Lipinski definition) is 3. The Hall–Kier alpha value is -2.09. The van der Waals surface area contributed by atoms with Crippen molar-refractivity contribution < 1.29 is 18.3 Å². The minimum absolute atomic E-state index is 0.107. The van der Waals surface area contributed by atoms with Gasteiger partial charge in [0.15, 0.2) is 4.77 Å². The number of H-pyrrole nitrogens is 1. The molecule has 0 radical (unpaired) electrons. The molecular formula is C11H7F3N2O2S. The van der Waals surface area contributed by atoms with Crippen molar-refractivity contribution in [2.45, 2.75) is 6.18 Å². The number of halogens is 3. The Bertz CT molecular complexity index is 716. The van der Waals surface area contributed by atoms with Crippen molar-refractivity contribution in [2.24, 2.45) is 0 Å². The number of nitrogens with zero attached hydrogens (tertiary/aromatic N) is 1. The van der Waals surface area contributed by atoms with E-state index in [1.807, 2.05) is 0 Å². The molecule has 1 aromatic carbocycles. The molecule has 1 heterocycles. The van der Waals surface area contributed by atoms with Crippen LogP contribution in [0.3, 0.4) is 0 Å². The number of alkyl halides is 3. The van der Waals surface area contributed by atoms with Crippen LogP contribution in [0.5, 0.6) is 5.88 Å². The number of aromatic hydroxyl groups is 1. The van der Waals surface area contributed by atoms with Gasteiger partial charge in [-0.25, -0.2) is 0 Å². The molecule has 8 heteroatoms. The number of rotatable bonds is 1. The standard InChI is InChI=1S/C11H7F3N2O2S/c12-11(13,14)6-1-3-7(4-2-6)16-9(18)5-8(17)15-10(16)19/h1-5,18H,(H,15,17,19). The van der Waals surface area contributed by atoms with Gasteiger partial charge >= 0.3 is 6.18 Å². The van der Waals surface area contributed by atoms with Crippen LogP contribution < -0.4 is 5.56 Å². The summed E-state index contributed by atoms with van der Waals surface area (Å²) in [4.78, 5) is 13.3. The lowest BCUT2D eigenvalue weighted by molar-refractivity contribution is -0.137. The maximum absolute atomic E-state index is 12.4. The summed E-state index contributed by atoms with van der Waals surface area (Å²) in [5.41, 5.74) is -1.19. The molecule has 0 spiro atoms. The molecule has 0 fully saturated rings. The second-order valence-electron chi connectivity index (χ2n) is 3.68. The molecule has 2 aromatic rings. The molecule has 19 heavy (non-hydrogen) atoms. The first-order valence-corrected chi connectivity index (χ1v) is 5.43. The van der Waals surface area contributed by atoms with E-state index in [4.69, 9.17) is 12.2 Å². The summed E-state index contributed by atoms with van der Waals surface area (Å²) < 4.78 is 38.2. The molecule has 0 bridgehead atoms. The summed E-state index contributed by atoms with van der Waals surface area (Å²) in [6, 6.07) is 4.91. The summed E-state index contributed by atoms with van der Waals surface area (Å²) in [7, 11) is 0. The van der Waals surface area contributed by atoms with Crippen LogP contribution in [0.25, 0.3) is 5.69 Å². The fraction of sp³-hybridized carbons (Fsp3) is 0.0909. The fourth-order valence-electron chi connectivity index (χ4n) is 1.53. The van der Waals surface area contributed by atoms with E-state index in [9.17, 15) is 23.1 Å². The highest BCUT2D eigenvalue weighted by atomic mass is 32.1. The van der Waals surface area contributed by atoms with Crippen molar-refractivity contribution in [3.8, 4) is 11.6 Å². The molecule has 4 nitrogen and oxygen atoms in total. The summed E-state index contributed by atoms with van der Waals surface area (Å²) >= 11 is 4.84. The Morgan fingerprint density at radius 1 is 1.21 bits per heavy atom. The maximum Gasteiger partial charge on any atom is 0.416 e. The molecule has 0 saturated heterocycles. The molecule has 1 aromatic heterocycles. The van der Waals surface area contributed by atoms with Gasteiger partial charge < -0.3 is 5.11 Å². The molecule has 0 aliphatic rings. The van der Waals surface area contributed by atoms with Gasteiger partial charge in [-0.15, -0.1) is 0 Å². The van der Waals surface area contributed by atoms with E-state index in [2.05, 4.69) is 4.98 Å². The number of hydrogen-bond donors (Lipinski definition) is 2. The summed E-state index contributed by atoms with van der Waals surface area (Å²) in [5, 5.41) is 9.61. The second-order valence-corrected chi connectivity index (χ2v) is 4.06. The predicted octanol–water partition coefficient (Wildman–Crippen LogP) is 2.62. The van der Waals surface area contributed by atoms with Crippen molar-refractivity contribution in [1.29, 1.82) is 0 Å². The lowest BCUT2D eigenvalue weighted by Gasteiger charge is -2.11. The van der Waals surface area contributed by atoms with Gasteiger partial charge in [0.05, 0.1) is 17.3 Å². The second kappa shape index (κ2) is 4.54. The third-order valence-corrected chi connectivity index (χ3v) is 2.66. The van der Waals surface area contributed by atoms with Gasteiger partial charge in [-0.05, 0) is 36.5 Å². The van der Waals surface area contributed by atoms with Gasteiger partial charge in [-0.2, -0.15) is 13.2 Å².